The Morgan fingerprint density at radius 1 is 0.610 bits per heavy atom. The summed E-state index contributed by atoms with van der Waals surface area (Å²) >= 11 is 0. The molecular formula is C50H69N15O17. The zero-order chi connectivity index (χ0) is 58.1. The third-order valence-corrected chi connectivity index (χ3v) is 14.4. The lowest BCUT2D eigenvalue weighted by Crippen LogP contribution is -2.38. The van der Waals surface area contributed by atoms with E-state index in [9.17, 15) is 34.5 Å². The van der Waals surface area contributed by atoms with Crippen molar-refractivity contribution in [3.05, 3.63) is 78.9 Å². The maximum Gasteiger partial charge on any atom is 0.281 e. The lowest BCUT2D eigenvalue weighted by atomic mass is 10.2. The average Bonchev–Trinajstić information content (AvgIpc) is 4.48. The van der Waals surface area contributed by atoms with Crippen LogP contribution in [0.4, 0.5) is 5.82 Å². The van der Waals surface area contributed by atoms with Crippen molar-refractivity contribution in [2.24, 2.45) is 7.05 Å². The number of carbonyl (C=O) groups excluding carboxylic acids is 1. The number of anilines is 1. The van der Waals surface area contributed by atoms with Gasteiger partial charge in [0, 0.05) is 47.0 Å². The number of hydrogen-bond acceptors (Lipinski definition) is 25. The van der Waals surface area contributed by atoms with Gasteiger partial charge in [0.15, 0.2) is 33.5 Å². The minimum absolute atomic E-state index is 0. The number of aryl methyl sites for hydroxylation is 4. The Bertz CT molecular complexity index is 3560. The molecule has 0 bridgehead atoms. The lowest BCUT2D eigenvalue weighted by molar-refractivity contribution is -0.120. The van der Waals surface area contributed by atoms with Crippen LogP contribution in [0.1, 0.15) is 80.7 Å². The van der Waals surface area contributed by atoms with Crippen LogP contribution >= 0.6 is 0 Å². The fourth-order valence-electron chi connectivity index (χ4n) is 10.1. The fraction of sp³-hybridized carbons (Fsp3) is 0.600. The zero-order valence-electron chi connectivity index (χ0n) is 45.5. The summed E-state index contributed by atoms with van der Waals surface area (Å²) in [7, 11) is 6.44. The molecular weight excluding hydrogens is 1080 g/mol. The van der Waals surface area contributed by atoms with Gasteiger partial charge in [0.05, 0.1) is 88.9 Å². The molecule has 7 aromatic rings. The Kier molecular flexibility index (Phi) is 19.0. The SMILES string of the molecule is C.COC[C@H]1O[C@@H](n2cnc3c(=O)[nH]c(C)nc32)C[C@H]1OC.COc1nc(C)nc2c1ncn2[C@H]1C[C@@H](O)[C@@H](CO)O1.Cc1nc2c(c(=O)[nH]1)CC(=O)N2[C@H]1C[C@@H](O)[C@@H](CO)O1.Cc1nc2c(ncn2[C@H]2C[C@@H](O)[C@@H](CO)O2)c(=O)n1C. The number of fused-ring (bicyclic) bond motifs is 4. The van der Waals surface area contributed by atoms with Crippen molar-refractivity contribution in [1.82, 2.24) is 68.1 Å². The van der Waals surface area contributed by atoms with Crippen molar-refractivity contribution in [3.63, 3.8) is 0 Å². The van der Waals surface area contributed by atoms with Gasteiger partial charge in [-0.2, -0.15) is 4.98 Å². The van der Waals surface area contributed by atoms with Crippen molar-refractivity contribution < 1.29 is 68.6 Å². The van der Waals surface area contributed by atoms with Crippen LogP contribution in [-0.2, 0) is 46.7 Å². The minimum atomic E-state index is -0.843. The van der Waals surface area contributed by atoms with E-state index in [-0.39, 0.29) is 92.4 Å². The van der Waals surface area contributed by atoms with E-state index < -0.39 is 55.3 Å². The molecule has 446 valence electrons. The summed E-state index contributed by atoms with van der Waals surface area (Å²) in [5, 5.41) is 56.7. The molecule has 0 aliphatic carbocycles. The van der Waals surface area contributed by atoms with E-state index in [0.717, 1.165) is 0 Å². The molecule has 12 rings (SSSR count). The van der Waals surface area contributed by atoms with Crippen molar-refractivity contribution in [2.75, 3.05) is 52.7 Å². The van der Waals surface area contributed by atoms with E-state index >= 15 is 0 Å². The maximum absolute atomic E-state index is 12.1. The Labute approximate surface area is 466 Å². The molecule has 12 atom stereocenters. The number of nitrogens with zero attached hydrogens (tertiary/aromatic N) is 13. The first-order chi connectivity index (χ1) is 38.8. The highest BCUT2D eigenvalue weighted by molar-refractivity contribution is 6.00. The van der Waals surface area contributed by atoms with Crippen LogP contribution in [0.5, 0.6) is 5.88 Å². The first kappa shape index (κ1) is 61.0. The Balaban J connectivity index is 0.000000143. The van der Waals surface area contributed by atoms with Gasteiger partial charge in [0.25, 0.3) is 16.7 Å². The maximum atomic E-state index is 12.1. The Morgan fingerprint density at radius 3 is 1.65 bits per heavy atom. The first-order valence-electron chi connectivity index (χ1n) is 25.8. The molecule has 0 aromatic carbocycles. The molecule has 0 unspecified atom stereocenters. The van der Waals surface area contributed by atoms with Gasteiger partial charge in [-0.1, -0.05) is 7.43 Å². The summed E-state index contributed by atoms with van der Waals surface area (Å²) < 4.78 is 44.9. The number of aliphatic hydroxyl groups excluding tert-OH is 6. The van der Waals surface area contributed by atoms with Crippen LogP contribution in [0.25, 0.3) is 33.5 Å². The van der Waals surface area contributed by atoms with E-state index in [1.54, 1.807) is 75.3 Å². The highest BCUT2D eigenvalue weighted by atomic mass is 16.6. The molecule has 82 heavy (non-hydrogen) atoms. The number of ether oxygens (including phenoxy) is 7. The predicted molar refractivity (Wildman–Crippen MR) is 285 cm³/mol. The summed E-state index contributed by atoms with van der Waals surface area (Å²) in [5.41, 5.74) is 2.18. The molecule has 4 fully saturated rings. The van der Waals surface area contributed by atoms with Crippen LogP contribution < -0.4 is 26.3 Å². The highest BCUT2D eigenvalue weighted by Crippen LogP contribution is 2.35. The quantitative estimate of drug-likeness (QED) is 0.0716. The van der Waals surface area contributed by atoms with Crippen LogP contribution in [-0.4, -0.2) is 207 Å². The molecule has 5 aliphatic rings. The summed E-state index contributed by atoms with van der Waals surface area (Å²) in [6.07, 6.45) is -0.122. The second-order valence-electron chi connectivity index (χ2n) is 19.8. The molecule has 0 spiro atoms. The molecule has 0 saturated carbocycles. The number of H-pyrrole nitrogens is 2. The Hall–Kier alpha value is -7.08. The molecule has 7 aromatic heterocycles. The number of nitrogens with one attached hydrogen (secondary N) is 2. The smallest absolute Gasteiger partial charge is 0.281 e. The minimum Gasteiger partial charge on any atom is -0.479 e. The molecule has 0 radical (unpaired) electrons. The third kappa shape index (κ3) is 12.1. The normalized spacial score (nSPS) is 26.6. The lowest BCUT2D eigenvalue weighted by Gasteiger charge is -2.23. The van der Waals surface area contributed by atoms with Gasteiger partial charge in [-0.25, -0.2) is 34.9 Å². The van der Waals surface area contributed by atoms with Crippen molar-refractivity contribution in [2.45, 2.75) is 141 Å². The van der Waals surface area contributed by atoms with E-state index in [1.165, 1.54) is 22.9 Å². The number of methoxy groups -OCH3 is 3. The van der Waals surface area contributed by atoms with Gasteiger partial charge >= 0.3 is 0 Å². The number of aromatic nitrogens is 14. The number of carbonyl (C=O) groups is 1. The largest absolute Gasteiger partial charge is 0.479 e. The topological polar surface area (TPSA) is 412 Å². The van der Waals surface area contributed by atoms with Crippen LogP contribution in [0.3, 0.4) is 0 Å². The van der Waals surface area contributed by atoms with Crippen molar-refractivity contribution >= 4 is 45.2 Å². The zero-order valence-corrected chi connectivity index (χ0v) is 45.5. The van der Waals surface area contributed by atoms with Crippen LogP contribution in [0, 0.1) is 27.7 Å². The number of hydrogen-bond donors (Lipinski definition) is 8. The van der Waals surface area contributed by atoms with E-state index in [2.05, 4.69) is 49.8 Å². The molecule has 8 N–H and O–H groups in total. The number of aromatic amines is 2. The third-order valence-electron chi connectivity index (χ3n) is 14.4. The molecule has 32 nitrogen and oxygen atoms in total. The standard InChI is InChI=1S/C13H18N4O4.2C12H16N4O4.C12H15N3O5.CH4/c1-7-15-12-11(13(18)16-7)14-6-17(12)10-4-8(20-3)9(21-10)5-19-2;1-6-14-11-10(12(15-6)19-2)13-5-16(11)9-3-7(18)8(4-17)20-9;1-6-14-11-10(12(19)15(6)2)13-5-16(11)9-3-7(18)8(4-17)20-9;1-5-13-11-6(12(19)14-5)2-9(18)15(11)10-3-7(17)8(4-16)20-10;/h6,8-10H,4-5H2,1-3H3,(H,15,16,18);2*5,7-9,17-18H,3-4H2,1-2H3;7-8,10,16-17H,2-4H2,1H3,(H,13,14,19);1H4/t8-,9-,10-;2*7-,8-,9-;7-,8-,10-;/m1111./s1. The molecule has 4 saturated heterocycles. The monoisotopic (exact) mass is 1150 g/mol. The molecule has 32 heteroatoms. The number of imidazole rings is 3. The fourth-order valence-corrected chi connectivity index (χ4v) is 10.1. The Morgan fingerprint density at radius 2 is 1.10 bits per heavy atom. The second-order valence-corrected chi connectivity index (χ2v) is 19.8. The van der Waals surface area contributed by atoms with Crippen molar-refractivity contribution in [3.8, 4) is 5.88 Å². The molecule has 12 heterocycles. The van der Waals surface area contributed by atoms with E-state index in [0.29, 0.717) is 88.6 Å². The van der Waals surface area contributed by atoms with E-state index in [4.69, 9.17) is 48.5 Å². The van der Waals surface area contributed by atoms with Gasteiger partial charge < -0.3 is 73.8 Å². The summed E-state index contributed by atoms with van der Waals surface area (Å²) in [6, 6.07) is 0. The van der Waals surface area contributed by atoms with E-state index in [1.807, 2.05) is 0 Å². The summed E-state index contributed by atoms with van der Waals surface area (Å²) in [5.74, 6) is 2.49. The van der Waals surface area contributed by atoms with Crippen LogP contribution in [0.2, 0.25) is 0 Å². The number of aliphatic hydroxyl groups is 6. The van der Waals surface area contributed by atoms with Gasteiger partial charge in [0.2, 0.25) is 11.8 Å². The van der Waals surface area contributed by atoms with Gasteiger partial charge in [-0.05, 0) is 27.7 Å². The van der Waals surface area contributed by atoms with Crippen LogP contribution in [0.15, 0.2) is 33.4 Å². The molecule has 1 amide bonds. The average molecular weight is 1150 g/mol. The summed E-state index contributed by atoms with van der Waals surface area (Å²) in [4.78, 5) is 88.2. The number of amides is 1. The van der Waals surface area contributed by atoms with Gasteiger partial charge in [-0.15, -0.1) is 0 Å². The predicted octanol–water partition coefficient (Wildman–Crippen LogP) is -1.69. The van der Waals surface area contributed by atoms with Gasteiger partial charge in [0.1, 0.15) is 78.4 Å². The molecule has 5 aliphatic heterocycles. The van der Waals surface area contributed by atoms with Crippen molar-refractivity contribution in [1.29, 1.82) is 0 Å². The summed E-state index contributed by atoms with van der Waals surface area (Å²) in [6.45, 7) is 6.52. The van der Waals surface area contributed by atoms with Gasteiger partial charge in [-0.3, -0.25) is 42.3 Å². The number of rotatable bonds is 11. The highest BCUT2D eigenvalue weighted by Gasteiger charge is 2.44. The first-order valence-corrected chi connectivity index (χ1v) is 25.8. The second kappa shape index (κ2) is 25.6.